The molecule has 2 rings (SSSR count). The first-order valence-corrected chi connectivity index (χ1v) is 6.04. The first-order chi connectivity index (χ1) is 8.40. The average molecular weight is 245 g/mol. The molecule has 0 amide bonds. The third-order valence-corrected chi connectivity index (χ3v) is 3.22. The van der Waals surface area contributed by atoms with Crippen LogP contribution in [0.25, 0.3) is 10.9 Å². The van der Waals surface area contributed by atoms with Crippen molar-refractivity contribution in [1.29, 1.82) is 0 Å². The van der Waals surface area contributed by atoms with Crippen LogP contribution in [0.15, 0.2) is 18.3 Å². The van der Waals surface area contributed by atoms with Gasteiger partial charge in [-0.3, -0.25) is 4.79 Å². The van der Waals surface area contributed by atoms with Crippen LogP contribution >= 0.6 is 0 Å². The molecular formula is C15H19NO2. The first-order valence-electron chi connectivity index (χ1n) is 6.04. The van der Waals surface area contributed by atoms with Crippen molar-refractivity contribution in [2.45, 2.75) is 33.2 Å². The highest BCUT2D eigenvalue weighted by atomic mass is 16.5. The Bertz CT molecular complexity index is 603. The maximum atomic E-state index is 11.3. The standard InChI is InChI=1S/C15H19NO2/c1-10-8-13(18-5)12(9-17)11-6-7-16(14(10)11)15(2,3)4/h6-9H,1-5H3. The van der Waals surface area contributed by atoms with Gasteiger partial charge in [-0.2, -0.15) is 0 Å². The minimum Gasteiger partial charge on any atom is -0.496 e. The quantitative estimate of drug-likeness (QED) is 0.758. The van der Waals surface area contributed by atoms with Crippen molar-refractivity contribution < 1.29 is 9.53 Å². The van der Waals surface area contributed by atoms with E-state index in [4.69, 9.17) is 4.74 Å². The lowest BCUT2D eigenvalue weighted by atomic mass is 10.0. The predicted octanol–water partition coefficient (Wildman–Crippen LogP) is 3.53. The molecule has 0 aliphatic rings. The van der Waals surface area contributed by atoms with Crippen LogP contribution in [0, 0.1) is 6.92 Å². The van der Waals surface area contributed by atoms with Crippen molar-refractivity contribution in [2.24, 2.45) is 0 Å². The Labute approximate surface area is 107 Å². The summed E-state index contributed by atoms with van der Waals surface area (Å²) >= 11 is 0. The molecule has 18 heavy (non-hydrogen) atoms. The van der Waals surface area contributed by atoms with Gasteiger partial charge in [0.2, 0.25) is 0 Å². The second-order valence-corrected chi connectivity index (χ2v) is 5.55. The predicted molar refractivity (Wildman–Crippen MR) is 73.6 cm³/mol. The van der Waals surface area contributed by atoms with Crippen LogP contribution in [0.2, 0.25) is 0 Å². The maximum absolute atomic E-state index is 11.3. The van der Waals surface area contributed by atoms with Crippen molar-refractivity contribution in [3.8, 4) is 5.75 Å². The summed E-state index contributed by atoms with van der Waals surface area (Å²) in [6.07, 6.45) is 2.90. The van der Waals surface area contributed by atoms with Gasteiger partial charge < -0.3 is 9.30 Å². The van der Waals surface area contributed by atoms with E-state index in [0.29, 0.717) is 11.3 Å². The van der Waals surface area contributed by atoms with Crippen LogP contribution in [-0.4, -0.2) is 18.0 Å². The number of benzene rings is 1. The van der Waals surface area contributed by atoms with E-state index in [1.807, 2.05) is 25.3 Å². The zero-order valence-electron chi connectivity index (χ0n) is 11.6. The van der Waals surface area contributed by atoms with E-state index in [1.165, 1.54) is 0 Å². The molecular weight excluding hydrogens is 226 g/mol. The molecule has 0 saturated heterocycles. The van der Waals surface area contributed by atoms with Gasteiger partial charge in [-0.15, -0.1) is 0 Å². The highest BCUT2D eigenvalue weighted by Gasteiger charge is 2.19. The van der Waals surface area contributed by atoms with Crippen molar-refractivity contribution in [3.63, 3.8) is 0 Å². The van der Waals surface area contributed by atoms with Crippen LogP contribution in [-0.2, 0) is 5.54 Å². The fraction of sp³-hybridized carbons (Fsp3) is 0.400. The molecule has 0 bridgehead atoms. The Balaban J connectivity index is 2.88. The topological polar surface area (TPSA) is 31.2 Å². The SMILES string of the molecule is COc1cc(C)c2c(ccn2C(C)(C)C)c1C=O. The van der Waals surface area contributed by atoms with E-state index in [9.17, 15) is 4.79 Å². The highest BCUT2D eigenvalue weighted by molar-refractivity contribution is 6.01. The molecule has 0 spiro atoms. The number of hydrogen-bond acceptors (Lipinski definition) is 2. The molecule has 2 aromatic rings. The van der Waals surface area contributed by atoms with E-state index >= 15 is 0 Å². The lowest BCUT2D eigenvalue weighted by Gasteiger charge is -2.24. The van der Waals surface area contributed by atoms with Crippen LogP contribution in [0.4, 0.5) is 0 Å². The summed E-state index contributed by atoms with van der Waals surface area (Å²) in [6, 6.07) is 3.91. The Morgan fingerprint density at radius 3 is 2.50 bits per heavy atom. The van der Waals surface area contributed by atoms with E-state index in [2.05, 4.69) is 25.3 Å². The lowest BCUT2D eigenvalue weighted by molar-refractivity contribution is 0.112. The summed E-state index contributed by atoms with van der Waals surface area (Å²) in [5, 5.41) is 0.955. The minimum atomic E-state index is -0.0126. The second kappa shape index (κ2) is 4.16. The van der Waals surface area contributed by atoms with Gasteiger partial charge in [-0.1, -0.05) is 0 Å². The number of carbonyl (C=O) groups excluding carboxylic acids is 1. The number of aryl methyl sites for hydroxylation is 1. The largest absolute Gasteiger partial charge is 0.496 e. The fourth-order valence-corrected chi connectivity index (χ4v) is 2.38. The van der Waals surface area contributed by atoms with Gasteiger partial charge in [0.1, 0.15) is 5.75 Å². The van der Waals surface area contributed by atoms with Crippen LogP contribution < -0.4 is 4.74 Å². The molecule has 1 heterocycles. The Morgan fingerprint density at radius 2 is 2.00 bits per heavy atom. The number of methoxy groups -OCH3 is 1. The number of rotatable bonds is 2. The number of ether oxygens (including phenoxy) is 1. The molecule has 0 unspecified atom stereocenters. The van der Waals surface area contributed by atoms with Gasteiger partial charge in [0, 0.05) is 17.1 Å². The molecule has 0 aliphatic carbocycles. The van der Waals surface area contributed by atoms with E-state index < -0.39 is 0 Å². The number of aldehydes is 1. The highest BCUT2D eigenvalue weighted by Crippen LogP contribution is 2.33. The molecule has 0 radical (unpaired) electrons. The number of hydrogen-bond donors (Lipinski definition) is 0. The Morgan fingerprint density at radius 1 is 1.33 bits per heavy atom. The van der Waals surface area contributed by atoms with E-state index in [1.54, 1.807) is 7.11 Å². The summed E-state index contributed by atoms with van der Waals surface area (Å²) in [7, 11) is 1.59. The molecule has 0 aliphatic heterocycles. The lowest BCUT2D eigenvalue weighted by Crippen LogP contribution is -2.20. The number of fused-ring (bicyclic) bond motifs is 1. The number of carbonyl (C=O) groups is 1. The van der Waals surface area contributed by atoms with Crippen LogP contribution in [0.5, 0.6) is 5.75 Å². The summed E-state index contributed by atoms with van der Waals surface area (Å²) in [5.74, 6) is 0.640. The van der Waals surface area contributed by atoms with Gasteiger partial charge in [0.25, 0.3) is 0 Å². The molecule has 3 heteroatoms. The Kier molecular flexibility index (Phi) is 2.93. The molecule has 0 saturated carbocycles. The second-order valence-electron chi connectivity index (χ2n) is 5.55. The van der Waals surface area contributed by atoms with Gasteiger partial charge in [0.05, 0.1) is 18.2 Å². The van der Waals surface area contributed by atoms with E-state index in [-0.39, 0.29) is 5.54 Å². The summed E-state index contributed by atoms with van der Waals surface area (Å²) < 4.78 is 7.48. The van der Waals surface area contributed by atoms with Crippen molar-refractivity contribution >= 4 is 17.2 Å². The smallest absolute Gasteiger partial charge is 0.154 e. The van der Waals surface area contributed by atoms with E-state index in [0.717, 1.165) is 22.8 Å². The van der Waals surface area contributed by atoms with Gasteiger partial charge in [-0.05, 0) is 45.4 Å². The molecule has 1 aromatic heterocycles. The first kappa shape index (κ1) is 12.7. The zero-order chi connectivity index (χ0) is 13.5. The molecule has 1 aromatic carbocycles. The normalized spacial score (nSPS) is 11.8. The number of aromatic nitrogens is 1. The average Bonchev–Trinajstić information content (AvgIpc) is 2.73. The van der Waals surface area contributed by atoms with Crippen LogP contribution in [0.1, 0.15) is 36.7 Å². The van der Waals surface area contributed by atoms with Gasteiger partial charge in [-0.25, -0.2) is 0 Å². The summed E-state index contributed by atoms with van der Waals surface area (Å²) in [4.78, 5) is 11.3. The summed E-state index contributed by atoms with van der Waals surface area (Å²) in [6.45, 7) is 8.49. The summed E-state index contributed by atoms with van der Waals surface area (Å²) in [5.41, 5.74) is 2.83. The molecule has 0 fully saturated rings. The molecule has 3 nitrogen and oxygen atoms in total. The molecule has 96 valence electrons. The van der Waals surface area contributed by atoms with Crippen molar-refractivity contribution in [2.75, 3.05) is 7.11 Å². The monoisotopic (exact) mass is 245 g/mol. The fourth-order valence-electron chi connectivity index (χ4n) is 2.38. The zero-order valence-corrected chi connectivity index (χ0v) is 11.6. The Hall–Kier alpha value is -1.77. The van der Waals surface area contributed by atoms with Gasteiger partial charge in [0.15, 0.2) is 6.29 Å². The van der Waals surface area contributed by atoms with Gasteiger partial charge >= 0.3 is 0 Å². The molecule has 0 N–H and O–H groups in total. The van der Waals surface area contributed by atoms with Crippen molar-refractivity contribution in [1.82, 2.24) is 4.57 Å². The molecule has 0 atom stereocenters. The maximum Gasteiger partial charge on any atom is 0.154 e. The number of nitrogens with zero attached hydrogens (tertiary/aromatic N) is 1. The third-order valence-electron chi connectivity index (χ3n) is 3.22. The van der Waals surface area contributed by atoms with Crippen molar-refractivity contribution in [3.05, 3.63) is 29.5 Å². The minimum absolute atomic E-state index is 0.0126. The van der Waals surface area contributed by atoms with Crippen LogP contribution in [0.3, 0.4) is 0 Å². The third kappa shape index (κ3) is 1.80.